The number of phenols is 1. The number of oxime groups is 1. The van der Waals surface area contributed by atoms with Crippen LogP contribution in [0.25, 0.3) is 0 Å². The topological polar surface area (TPSA) is 62.1 Å². The number of hydrogen-bond donors (Lipinski definition) is 2. The summed E-state index contributed by atoms with van der Waals surface area (Å²) in [5.41, 5.74) is 0. The number of phenolic OH excluding ortho intramolecular Hbond substituents is 1. The number of ether oxygens (including phenoxy) is 1. The number of hydrogen-bond acceptors (Lipinski definition) is 4. The zero-order chi connectivity index (χ0) is 8.10. The Hall–Kier alpha value is -1.71. The van der Waals surface area contributed by atoms with Gasteiger partial charge in [0.15, 0.2) is 0 Å². The third-order valence-electron chi connectivity index (χ3n) is 1.07. The van der Waals surface area contributed by atoms with Crippen LogP contribution in [0.3, 0.4) is 0 Å². The molecule has 11 heavy (non-hydrogen) atoms. The fourth-order valence-electron chi connectivity index (χ4n) is 0.609. The molecule has 4 nitrogen and oxygen atoms in total. The lowest BCUT2D eigenvalue weighted by Crippen LogP contribution is -1.87. The minimum absolute atomic E-state index is 0.165. The molecule has 0 aliphatic carbocycles. The lowest BCUT2D eigenvalue weighted by Gasteiger charge is -1.96. The van der Waals surface area contributed by atoms with Gasteiger partial charge in [0.1, 0.15) is 11.5 Å². The first-order valence-electron chi connectivity index (χ1n) is 2.94. The van der Waals surface area contributed by atoms with Gasteiger partial charge in [0.25, 0.3) is 0 Å². The second kappa shape index (κ2) is 3.46. The van der Waals surface area contributed by atoms with Crippen molar-refractivity contribution in [1.29, 1.82) is 0 Å². The van der Waals surface area contributed by atoms with E-state index in [0.29, 0.717) is 5.75 Å². The Balaban J connectivity index is 2.66. The van der Waals surface area contributed by atoms with Crippen LogP contribution < -0.4 is 4.74 Å². The van der Waals surface area contributed by atoms with Crippen molar-refractivity contribution >= 4 is 6.40 Å². The zero-order valence-electron chi connectivity index (χ0n) is 5.64. The number of nitrogens with zero attached hydrogens (tertiary/aromatic N) is 1. The van der Waals surface area contributed by atoms with Crippen LogP contribution in [0, 0.1) is 0 Å². The molecule has 0 aliphatic rings. The van der Waals surface area contributed by atoms with Gasteiger partial charge < -0.3 is 15.1 Å². The highest BCUT2D eigenvalue weighted by molar-refractivity contribution is 5.51. The molecule has 1 rings (SSSR count). The molecule has 0 unspecified atom stereocenters. The van der Waals surface area contributed by atoms with Crippen LogP contribution in [-0.2, 0) is 0 Å². The first-order chi connectivity index (χ1) is 5.33. The Kier molecular flexibility index (Phi) is 2.32. The van der Waals surface area contributed by atoms with Gasteiger partial charge in [-0.05, 0) is 24.3 Å². The van der Waals surface area contributed by atoms with Gasteiger partial charge in [-0.15, -0.1) is 0 Å². The summed E-state index contributed by atoms with van der Waals surface area (Å²) in [6, 6.07) is 6.05. The van der Waals surface area contributed by atoms with E-state index in [2.05, 4.69) is 5.16 Å². The molecule has 0 fully saturated rings. The summed E-state index contributed by atoms with van der Waals surface area (Å²) in [5, 5.41) is 19.5. The molecule has 0 atom stereocenters. The van der Waals surface area contributed by atoms with Crippen molar-refractivity contribution < 1.29 is 15.1 Å². The van der Waals surface area contributed by atoms with E-state index in [0.717, 1.165) is 6.40 Å². The average molecular weight is 153 g/mol. The number of aromatic hydroxyl groups is 1. The van der Waals surface area contributed by atoms with Crippen LogP contribution in [0.1, 0.15) is 0 Å². The van der Waals surface area contributed by atoms with Crippen LogP contribution in [0.15, 0.2) is 29.4 Å². The minimum Gasteiger partial charge on any atom is -0.508 e. The maximum Gasteiger partial charge on any atom is 0.218 e. The molecular weight excluding hydrogens is 146 g/mol. The van der Waals surface area contributed by atoms with E-state index in [1.807, 2.05) is 0 Å². The molecule has 1 aromatic rings. The summed E-state index contributed by atoms with van der Waals surface area (Å²) in [6.45, 7) is 0. The Morgan fingerprint density at radius 2 is 1.91 bits per heavy atom. The summed E-state index contributed by atoms with van der Waals surface area (Å²) in [5.74, 6) is 0.666. The quantitative estimate of drug-likeness (QED) is 0.290. The minimum atomic E-state index is 0.165. The monoisotopic (exact) mass is 153 g/mol. The van der Waals surface area contributed by atoms with Crippen molar-refractivity contribution in [2.24, 2.45) is 5.16 Å². The van der Waals surface area contributed by atoms with E-state index in [9.17, 15) is 0 Å². The largest absolute Gasteiger partial charge is 0.508 e. The maximum atomic E-state index is 8.84. The van der Waals surface area contributed by atoms with Crippen molar-refractivity contribution in [1.82, 2.24) is 0 Å². The molecule has 0 spiro atoms. The first kappa shape index (κ1) is 7.40. The molecule has 2 N–H and O–H groups in total. The molecule has 0 saturated carbocycles. The van der Waals surface area contributed by atoms with Gasteiger partial charge in [-0.2, -0.15) is 0 Å². The van der Waals surface area contributed by atoms with Gasteiger partial charge in [-0.25, -0.2) is 0 Å². The van der Waals surface area contributed by atoms with E-state index < -0.39 is 0 Å². The van der Waals surface area contributed by atoms with Crippen molar-refractivity contribution in [2.45, 2.75) is 0 Å². The van der Waals surface area contributed by atoms with Crippen LogP contribution in [-0.4, -0.2) is 16.7 Å². The summed E-state index contributed by atoms with van der Waals surface area (Å²) < 4.78 is 4.76. The predicted octanol–water partition coefficient (Wildman–Crippen LogP) is 1.19. The summed E-state index contributed by atoms with van der Waals surface area (Å²) in [4.78, 5) is 0. The van der Waals surface area contributed by atoms with Gasteiger partial charge in [-0.3, -0.25) is 0 Å². The van der Waals surface area contributed by atoms with E-state index >= 15 is 0 Å². The van der Waals surface area contributed by atoms with Crippen LogP contribution in [0.4, 0.5) is 0 Å². The van der Waals surface area contributed by atoms with Gasteiger partial charge in [0, 0.05) is 0 Å². The fourth-order valence-corrected chi connectivity index (χ4v) is 0.609. The second-order valence-corrected chi connectivity index (χ2v) is 1.83. The van der Waals surface area contributed by atoms with Crippen LogP contribution in [0.2, 0.25) is 0 Å². The van der Waals surface area contributed by atoms with E-state index in [1.54, 1.807) is 12.1 Å². The lowest BCUT2D eigenvalue weighted by atomic mass is 10.3. The van der Waals surface area contributed by atoms with Crippen molar-refractivity contribution in [2.75, 3.05) is 0 Å². The highest BCUT2D eigenvalue weighted by Gasteiger charge is 1.89. The van der Waals surface area contributed by atoms with Gasteiger partial charge in [-0.1, -0.05) is 5.16 Å². The number of rotatable bonds is 2. The first-order valence-corrected chi connectivity index (χ1v) is 2.94. The van der Waals surface area contributed by atoms with E-state index in [-0.39, 0.29) is 5.75 Å². The zero-order valence-corrected chi connectivity index (χ0v) is 5.64. The standard InChI is InChI=1S/C7H7NO3/c9-6-1-3-7(4-2-6)11-5-8-10/h1-5,9-10H. The lowest BCUT2D eigenvalue weighted by molar-refractivity contribution is 0.309. The molecule has 0 radical (unpaired) electrons. The molecule has 0 saturated heterocycles. The Morgan fingerprint density at radius 3 is 2.45 bits per heavy atom. The molecule has 0 heterocycles. The van der Waals surface area contributed by atoms with Gasteiger partial charge in [0.05, 0.1) is 0 Å². The van der Waals surface area contributed by atoms with Crippen LogP contribution in [0.5, 0.6) is 11.5 Å². The van der Waals surface area contributed by atoms with Crippen molar-refractivity contribution in [3.8, 4) is 11.5 Å². The molecule has 0 aliphatic heterocycles. The number of benzene rings is 1. The van der Waals surface area contributed by atoms with E-state index in [1.165, 1.54) is 12.1 Å². The smallest absolute Gasteiger partial charge is 0.218 e. The van der Waals surface area contributed by atoms with Crippen molar-refractivity contribution in [3.63, 3.8) is 0 Å². The SMILES string of the molecule is ON=COc1ccc(O)cc1. The molecule has 1 aromatic carbocycles. The molecule has 58 valence electrons. The highest BCUT2D eigenvalue weighted by atomic mass is 16.5. The van der Waals surface area contributed by atoms with Gasteiger partial charge >= 0.3 is 0 Å². The Labute approximate surface area is 63.3 Å². The third kappa shape index (κ3) is 2.17. The van der Waals surface area contributed by atoms with Crippen molar-refractivity contribution in [3.05, 3.63) is 24.3 Å². The molecule has 0 bridgehead atoms. The highest BCUT2D eigenvalue weighted by Crippen LogP contribution is 2.14. The third-order valence-corrected chi connectivity index (χ3v) is 1.07. The molecule has 0 amide bonds. The average Bonchev–Trinajstić information content (AvgIpc) is 2.04. The van der Waals surface area contributed by atoms with Crippen LogP contribution >= 0.6 is 0 Å². The summed E-state index contributed by atoms with van der Waals surface area (Å²) in [7, 11) is 0. The summed E-state index contributed by atoms with van der Waals surface area (Å²) >= 11 is 0. The normalized spacial score (nSPS) is 10.2. The second-order valence-electron chi connectivity index (χ2n) is 1.83. The molecular formula is C7H7NO3. The molecule has 0 aromatic heterocycles. The Morgan fingerprint density at radius 1 is 1.27 bits per heavy atom. The summed E-state index contributed by atoms with van der Waals surface area (Å²) in [6.07, 6.45) is 0.895. The van der Waals surface area contributed by atoms with E-state index in [4.69, 9.17) is 15.1 Å². The van der Waals surface area contributed by atoms with Gasteiger partial charge in [0.2, 0.25) is 6.40 Å². The maximum absolute atomic E-state index is 8.84. The fraction of sp³-hybridized carbons (Fsp3) is 0. The molecule has 4 heteroatoms. The Bertz CT molecular complexity index is 242. The predicted molar refractivity (Wildman–Crippen MR) is 39.0 cm³/mol.